The SMILES string of the molecule is CC[C@@]1(O)C(=O)OCc2c1cc1n(c2=O)Cc2cc3c(nc2-1)CC[C@H](O)[C@H]3CN(C)C. The number of aryl methyl sites for hydroxylation is 1. The molecule has 4 heterocycles. The normalized spacial score (nSPS) is 26.2. The van der Waals surface area contributed by atoms with Gasteiger partial charge >= 0.3 is 5.97 Å². The fraction of sp³-hybridized carbons (Fsp3) is 0.522. The van der Waals surface area contributed by atoms with Gasteiger partial charge in [-0.25, -0.2) is 4.79 Å². The van der Waals surface area contributed by atoms with Gasteiger partial charge in [0.15, 0.2) is 5.60 Å². The number of nitrogens with zero attached hydrogens (tertiary/aromatic N) is 3. The van der Waals surface area contributed by atoms with E-state index in [-0.39, 0.29) is 24.5 Å². The van der Waals surface area contributed by atoms with Gasteiger partial charge in [0, 0.05) is 29.3 Å². The van der Waals surface area contributed by atoms with Crippen LogP contribution in [-0.2, 0) is 34.7 Å². The number of aliphatic hydroxyl groups excluding tert-OH is 1. The second kappa shape index (κ2) is 6.98. The van der Waals surface area contributed by atoms with Crippen molar-refractivity contribution < 1.29 is 19.7 Å². The predicted octanol–water partition coefficient (Wildman–Crippen LogP) is 0.879. The van der Waals surface area contributed by atoms with E-state index in [1.807, 2.05) is 14.1 Å². The molecule has 0 aromatic carbocycles. The standard InChI is InChI=1S/C23H27N3O5/c1-4-23(30)16-8-18-20-12(9-26(18)21(28)15(16)11-31-22(23)29)7-13-14(10-25(2)3)19(27)6-5-17(13)24-20/h7-8,14,19,27,30H,4-6,9-11H2,1-3H3/t14-,19-,23-/m0/s1. The maximum atomic E-state index is 13.3. The lowest BCUT2D eigenvalue weighted by atomic mass is 9.82. The summed E-state index contributed by atoms with van der Waals surface area (Å²) in [6.07, 6.45) is 1.02. The van der Waals surface area contributed by atoms with Crippen LogP contribution in [0.5, 0.6) is 0 Å². The van der Waals surface area contributed by atoms with Crippen molar-refractivity contribution in [2.75, 3.05) is 20.6 Å². The molecule has 0 spiro atoms. The predicted molar refractivity (Wildman–Crippen MR) is 113 cm³/mol. The summed E-state index contributed by atoms with van der Waals surface area (Å²) in [7, 11) is 3.97. The Kier molecular flexibility index (Phi) is 4.58. The lowest BCUT2D eigenvalue weighted by Gasteiger charge is -2.32. The van der Waals surface area contributed by atoms with Crippen molar-refractivity contribution in [3.63, 3.8) is 0 Å². The number of fused-ring (bicyclic) bond motifs is 5. The van der Waals surface area contributed by atoms with Crippen LogP contribution in [0.25, 0.3) is 11.4 Å². The largest absolute Gasteiger partial charge is 0.458 e. The molecule has 5 rings (SSSR count). The van der Waals surface area contributed by atoms with Crippen molar-refractivity contribution in [1.29, 1.82) is 0 Å². The van der Waals surface area contributed by atoms with Gasteiger partial charge in [-0.3, -0.25) is 9.78 Å². The molecule has 0 radical (unpaired) electrons. The van der Waals surface area contributed by atoms with E-state index < -0.39 is 17.7 Å². The number of carbonyl (C=O) groups excluding carboxylic acids is 1. The number of esters is 1. The molecule has 0 amide bonds. The lowest BCUT2D eigenvalue weighted by Crippen LogP contribution is -2.44. The van der Waals surface area contributed by atoms with E-state index in [1.54, 1.807) is 17.6 Å². The number of hydrogen-bond donors (Lipinski definition) is 2. The molecule has 3 aliphatic rings. The Morgan fingerprint density at radius 1 is 1.32 bits per heavy atom. The molecular formula is C23H27N3O5. The Balaban J connectivity index is 1.67. The molecule has 0 unspecified atom stereocenters. The van der Waals surface area contributed by atoms with Crippen LogP contribution in [-0.4, -0.2) is 57.4 Å². The Labute approximate surface area is 180 Å². The molecule has 2 aromatic rings. The summed E-state index contributed by atoms with van der Waals surface area (Å²) in [6.45, 7) is 2.66. The van der Waals surface area contributed by atoms with E-state index in [9.17, 15) is 19.8 Å². The molecule has 0 bridgehead atoms. The minimum atomic E-state index is -1.82. The zero-order chi connectivity index (χ0) is 22.1. The summed E-state index contributed by atoms with van der Waals surface area (Å²) >= 11 is 0. The highest BCUT2D eigenvalue weighted by molar-refractivity contribution is 5.84. The van der Waals surface area contributed by atoms with Crippen molar-refractivity contribution in [2.45, 2.75) is 57.0 Å². The number of carbonyl (C=O) groups is 1. The summed E-state index contributed by atoms with van der Waals surface area (Å²) in [6, 6.07) is 3.81. The Morgan fingerprint density at radius 3 is 2.81 bits per heavy atom. The van der Waals surface area contributed by atoms with Gasteiger partial charge in [0.2, 0.25) is 0 Å². The maximum Gasteiger partial charge on any atom is 0.343 e. The first-order valence-electron chi connectivity index (χ1n) is 10.8. The van der Waals surface area contributed by atoms with Gasteiger partial charge < -0.3 is 24.4 Å². The molecule has 2 aliphatic heterocycles. The molecule has 31 heavy (non-hydrogen) atoms. The van der Waals surface area contributed by atoms with Gasteiger partial charge in [0.1, 0.15) is 6.61 Å². The number of aliphatic hydroxyl groups is 2. The van der Waals surface area contributed by atoms with Crippen LogP contribution in [0.15, 0.2) is 16.9 Å². The smallest absolute Gasteiger partial charge is 0.343 e. The molecule has 0 saturated heterocycles. The second-order valence-electron chi connectivity index (χ2n) is 9.11. The van der Waals surface area contributed by atoms with Crippen LogP contribution in [0, 0.1) is 0 Å². The Hall–Kier alpha value is -2.55. The van der Waals surface area contributed by atoms with E-state index in [0.717, 1.165) is 29.1 Å². The molecule has 3 atom stereocenters. The molecule has 2 aromatic heterocycles. The summed E-state index contributed by atoms with van der Waals surface area (Å²) in [5.74, 6) is -0.745. The molecule has 0 saturated carbocycles. The van der Waals surface area contributed by atoms with Crippen LogP contribution in [0.2, 0.25) is 0 Å². The molecular weight excluding hydrogens is 398 g/mol. The number of rotatable bonds is 3. The molecule has 164 valence electrons. The number of likely N-dealkylation sites (N-methyl/N-ethyl adjacent to an activating group) is 1. The number of ether oxygens (including phenoxy) is 1. The quantitative estimate of drug-likeness (QED) is 0.600. The van der Waals surface area contributed by atoms with E-state index >= 15 is 0 Å². The first-order chi connectivity index (χ1) is 14.7. The van der Waals surface area contributed by atoms with Crippen molar-refractivity contribution in [2.24, 2.45) is 0 Å². The van der Waals surface area contributed by atoms with Gasteiger partial charge in [0.25, 0.3) is 5.56 Å². The molecule has 8 heteroatoms. The summed E-state index contributed by atoms with van der Waals surface area (Å²) < 4.78 is 6.77. The van der Waals surface area contributed by atoms with Crippen LogP contribution in [0.3, 0.4) is 0 Å². The highest BCUT2D eigenvalue weighted by Gasteiger charge is 2.45. The second-order valence-corrected chi connectivity index (χ2v) is 9.11. The minimum Gasteiger partial charge on any atom is -0.458 e. The first kappa shape index (κ1) is 20.4. The molecule has 1 aliphatic carbocycles. The summed E-state index contributed by atoms with van der Waals surface area (Å²) in [5, 5.41) is 21.6. The fourth-order valence-corrected chi connectivity index (χ4v) is 5.20. The fourth-order valence-electron chi connectivity index (χ4n) is 5.20. The molecule has 2 N–H and O–H groups in total. The lowest BCUT2D eigenvalue weighted by molar-refractivity contribution is -0.172. The third-order valence-corrected chi connectivity index (χ3v) is 6.93. The first-order valence-corrected chi connectivity index (χ1v) is 10.8. The van der Waals surface area contributed by atoms with Gasteiger partial charge in [-0.2, -0.15) is 0 Å². The van der Waals surface area contributed by atoms with Crippen molar-refractivity contribution in [1.82, 2.24) is 14.5 Å². The molecule has 8 nitrogen and oxygen atoms in total. The zero-order valence-electron chi connectivity index (χ0n) is 18.0. The van der Waals surface area contributed by atoms with Gasteiger partial charge in [-0.05, 0) is 51.1 Å². The van der Waals surface area contributed by atoms with Crippen LogP contribution >= 0.6 is 0 Å². The zero-order valence-corrected chi connectivity index (χ0v) is 18.0. The monoisotopic (exact) mass is 425 g/mol. The summed E-state index contributed by atoms with van der Waals surface area (Å²) in [4.78, 5) is 32.5. The van der Waals surface area contributed by atoms with E-state index in [4.69, 9.17) is 9.72 Å². The van der Waals surface area contributed by atoms with Crippen molar-refractivity contribution in [3.8, 4) is 11.4 Å². The van der Waals surface area contributed by atoms with E-state index in [0.29, 0.717) is 36.2 Å². The van der Waals surface area contributed by atoms with Gasteiger partial charge in [-0.1, -0.05) is 6.92 Å². The molecule has 0 fully saturated rings. The van der Waals surface area contributed by atoms with E-state index in [2.05, 4.69) is 11.0 Å². The number of hydrogen-bond acceptors (Lipinski definition) is 7. The summed E-state index contributed by atoms with van der Waals surface area (Å²) in [5.41, 5.74) is 2.83. The van der Waals surface area contributed by atoms with Crippen LogP contribution < -0.4 is 5.56 Å². The van der Waals surface area contributed by atoms with Gasteiger partial charge in [-0.15, -0.1) is 0 Å². The van der Waals surface area contributed by atoms with Crippen molar-refractivity contribution >= 4 is 5.97 Å². The van der Waals surface area contributed by atoms with E-state index in [1.165, 1.54) is 0 Å². The number of pyridine rings is 2. The third kappa shape index (κ3) is 2.89. The average molecular weight is 425 g/mol. The minimum absolute atomic E-state index is 0.0265. The highest BCUT2D eigenvalue weighted by Crippen LogP contribution is 2.40. The van der Waals surface area contributed by atoms with Crippen molar-refractivity contribution in [3.05, 3.63) is 50.4 Å². The Bertz CT molecular complexity index is 1150. The number of aromatic nitrogens is 2. The number of cyclic esters (lactones) is 1. The third-order valence-electron chi connectivity index (χ3n) is 6.93. The topological polar surface area (TPSA) is 105 Å². The Morgan fingerprint density at radius 2 is 2.10 bits per heavy atom. The van der Waals surface area contributed by atoms with Crippen LogP contribution in [0.1, 0.15) is 53.6 Å². The highest BCUT2D eigenvalue weighted by atomic mass is 16.6. The van der Waals surface area contributed by atoms with Gasteiger partial charge in [0.05, 0.1) is 29.6 Å². The average Bonchev–Trinajstić information content (AvgIpc) is 3.10. The maximum absolute atomic E-state index is 13.3. The van der Waals surface area contributed by atoms with Crippen LogP contribution in [0.4, 0.5) is 0 Å².